The highest BCUT2D eigenvalue weighted by atomic mass is 32.2. The average Bonchev–Trinajstić information content (AvgIpc) is 3.34. The predicted molar refractivity (Wildman–Crippen MR) is 125 cm³/mol. The maximum atomic E-state index is 13.8. The van der Waals surface area contributed by atoms with Crippen LogP contribution in [0.5, 0.6) is 0 Å². The van der Waals surface area contributed by atoms with Crippen molar-refractivity contribution in [2.45, 2.75) is 38.3 Å². The van der Waals surface area contributed by atoms with Gasteiger partial charge in [0.1, 0.15) is 4.83 Å². The number of aryl methyl sites for hydroxylation is 4. The molecular weight excluding hydrogens is 430 g/mol. The van der Waals surface area contributed by atoms with E-state index in [1.165, 1.54) is 22.2 Å². The highest BCUT2D eigenvalue weighted by Crippen LogP contribution is 2.36. The second-order valence-electron chi connectivity index (χ2n) is 8.14. The minimum Gasteiger partial charge on any atom is -0.378 e. The molecule has 5 rings (SSSR count). The minimum absolute atomic E-state index is 0.0160. The van der Waals surface area contributed by atoms with Crippen molar-refractivity contribution in [3.05, 3.63) is 50.1 Å². The molecule has 1 aromatic carbocycles. The Kier molecular flexibility index (Phi) is 5.62. The Balaban J connectivity index is 1.59. The van der Waals surface area contributed by atoms with Crippen LogP contribution in [-0.2, 0) is 22.4 Å². The number of hydrogen-bond donors (Lipinski definition) is 0. The van der Waals surface area contributed by atoms with E-state index in [4.69, 9.17) is 9.72 Å². The number of ether oxygens (including phenoxy) is 1. The SMILES string of the molecule is Cc1ccc(-n2c(SCC(=O)N3CCOCC3)nc3sc4c(c3c2=O)CCC4)c(C)c1. The molecule has 1 aliphatic heterocycles. The van der Waals surface area contributed by atoms with E-state index in [2.05, 4.69) is 6.07 Å². The van der Waals surface area contributed by atoms with E-state index in [9.17, 15) is 9.59 Å². The molecule has 2 aromatic heterocycles. The molecule has 0 saturated carbocycles. The molecule has 1 saturated heterocycles. The summed E-state index contributed by atoms with van der Waals surface area (Å²) in [5.74, 6) is 0.317. The molecule has 0 bridgehead atoms. The lowest BCUT2D eigenvalue weighted by Gasteiger charge is -2.26. The summed E-state index contributed by atoms with van der Waals surface area (Å²) >= 11 is 2.99. The second-order valence-corrected chi connectivity index (χ2v) is 10.2. The van der Waals surface area contributed by atoms with Crippen molar-refractivity contribution in [3.8, 4) is 5.69 Å². The summed E-state index contributed by atoms with van der Waals surface area (Å²) < 4.78 is 7.07. The van der Waals surface area contributed by atoms with Gasteiger partial charge in [-0.2, -0.15) is 0 Å². The fourth-order valence-corrected chi connectivity index (χ4v) is 6.63. The molecule has 3 aromatic rings. The fraction of sp³-hybridized carbons (Fsp3) is 0.435. The number of thiophene rings is 1. The smallest absolute Gasteiger partial charge is 0.267 e. The topological polar surface area (TPSA) is 64.4 Å². The van der Waals surface area contributed by atoms with Gasteiger partial charge in [-0.15, -0.1) is 11.3 Å². The van der Waals surface area contributed by atoms with E-state index < -0.39 is 0 Å². The number of rotatable bonds is 4. The third-order valence-corrected chi connectivity index (χ3v) is 8.10. The van der Waals surface area contributed by atoms with Gasteiger partial charge in [0.05, 0.1) is 30.0 Å². The van der Waals surface area contributed by atoms with Gasteiger partial charge in [-0.25, -0.2) is 4.98 Å². The lowest BCUT2D eigenvalue weighted by molar-refractivity contribution is -0.132. The Morgan fingerprint density at radius 2 is 2.03 bits per heavy atom. The molecule has 162 valence electrons. The normalized spacial score (nSPS) is 16.1. The number of carbonyl (C=O) groups excluding carboxylic acids is 1. The monoisotopic (exact) mass is 455 g/mol. The largest absolute Gasteiger partial charge is 0.378 e. The number of nitrogens with zero attached hydrogens (tertiary/aromatic N) is 3. The van der Waals surface area contributed by atoms with Crippen LogP contribution in [0.15, 0.2) is 28.2 Å². The van der Waals surface area contributed by atoms with Crippen molar-refractivity contribution in [2.24, 2.45) is 0 Å². The fourth-order valence-electron chi connectivity index (χ4n) is 4.42. The molecule has 1 fully saturated rings. The number of hydrogen-bond acceptors (Lipinski definition) is 6. The summed E-state index contributed by atoms with van der Waals surface area (Å²) in [6.07, 6.45) is 3.07. The van der Waals surface area contributed by atoms with Crippen LogP contribution in [0.1, 0.15) is 28.0 Å². The van der Waals surface area contributed by atoms with E-state index in [0.717, 1.165) is 46.3 Å². The number of thioether (sulfide) groups is 1. The maximum Gasteiger partial charge on any atom is 0.267 e. The molecule has 0 spiro atoms. The van der Waals surface area contributed by atoms with Crippen molar-refractivity contribution < 1.29 is 9.53 Å². The van der Waals surface area contributed by atoms with E-state index in [-0.39, 0.29) is 17.2 Å². The van der Waals surface area contributed by atoms with Gasteiger partial charge >= 0.3 is 0 Å². The lowest BCUT2D eigenvalue weighted by Crippen LogP contribution is -2.41. The summed E-state index contributed by atoms with van der Waals surface area (Å²) in [4.78, 5) is 35.3. The van der Waals surface area contributed by atoms with E-state index >= 15 is 0 Å². The zero-order chi connectivity index (χ0) is 21.5. The molecule has 0 radical (unpaired) electrons. The molecular formula is C23H25N3O3S2. The van der Waals surface area contributed by atoms with Crippen LogP contribution in [0.3, 0.4) is 0 Å². The summed E-state index contributed by atoms with van der Waals surface area (Å²) in [6.45, 7) is 6.46. The maximum absolute atomic E-state index is 13.8. The Labute approximate surface area is 189 Å². The van der Waals surface area contributed by atoms with Crippen LogP contribution in [-0.4, -0.2) is 52.4 Å². The van der Waals surface area contributed by atoms with Gasteiger partial charge in [-0.1, -0.05) is 29.5 Å². The van der Waals surface area contributed by atoms with Gasteiger partial charge in [0, 0.05) is 18.0 Å². The van der Waals surface area contributed by atoms with Gasteiger partial charge in [0.25, 0.3) is 5.56 Å². The predicted octanol–water partition coefficient (Wildman–Crippen LogP) is 3.50. The number of morpholine rings is 1. The van der Waals surface area contributed by atoms with Gasteiger partial charge in [0.2, 0.25) is 5.91 Å². The average molecular weight is 456 g/mol. The van der Waals surface area contributed by atoms with Crippen LogP contribution in [0.2, 0.25) is 0 Å². The minimum atomic E-state index is -0.0160. The zero-order valence-corrected chi connectivity index (χ0v) is 19.4. The molecule has 0 atom stereocenters. The molecule has 1 amide bonds. The van der Waals surface area contributed by atoms with Crippen molar-refractivity contribution in [3.63, 3.8) is 0 Å². The van der Waals surface area contributed by atoms with Crippen LogP contribution in [0.25, 0.3) is 15.9 Å². The number of carbonyl (C=O) groups is 1. The number of aromatic nitrogens is 2. The van der Waals surface area contributed by atoms with Gasteiger partial charge < -0.3 is 9.64 Å². The number of fused-ring (bicyclic) bond motifs is 3. The molecule has 8 heteroatoms. The summed E-state index contributed by atoms with van der Waals surface area (Å²) in [5, 5.41) is 1.35. The molecule has 31 heavy (non-hydrogen) atoms. The molecule has 6 nitrogen and oxygen atoms in total. The second kappa shape index (κ2) is 8.41. The van der Waals surface area contributed by atoms with Crippen molar-refractivity contribution in [2.75, 3.05) is 32.1 Å². The Bertz CT molecular complexity index is 1230. The van der Waals surface area contributed by atoms with Crippen LogP contribution >= 0.6 is 23.1 Å². The third kappa shape index (κ3) is 3.81. The van der Waals surface area contributed by atoms with Gasteiger partial charge in [-0.3, -0.25) is 14.2 Å². The summed E-state index contributed by atoms with van der Waals surface area (Å²) in [7, 11) is 0. The van der Waals surface area contributed by atoms with Crippen LogP contribution in [0.4, 0.5) is 0 Å². The molecule has 2 aliphatic rings. The highest BCUT2D eigenvalue weighted by molar-refractivity contribution is 7.99. The van der Waals surface area contributed by atoms with Crippen LogP contribution in [0, 0.1) is 13.8 Å². The first-order valence-electron chi connectivity index (χ1n) is 10.7. The first-order valence-corrected chi connectivity index (χ1v) is 12.5. The molecule has 0 unspecified atom stereocenters. The Morgan fingerprint density at radius 3 is 2.81 bits per heavy atom. The van der Waals surface area contributed by atoms with Gasteiger partial charge in [-0.05, 0) is 50.3 Å². The van der Waals surface area contributed by atoms with Crippen molar-refractivity contribution >= 4 is 39.2 Å². The lowest BCUT2D eigenvalue weighted by atomic mass is 10.1. The number of benzene rings is 1. The first kappa shape index (κ1) is 20.7. The standard InChI is InChI=1S/C23H25N3O3S2/c1-14-6-7-17(15(2)12-14)26-22(28)20-16-4-3-5-18(16)31-21(20)24-23(26)30-13-19(27)25-8-10-29-11-9-25/h6-7,12H,3-5,8-11,13H2,1-2H3. The Morgan fingerprint density at radius 1 is 1.23 bits per heavy atom. The zero-order valence-electron chi connectivity index (χ0n) is 17.8. The summed E-state index contributed by atoms with van der Waals surface area (Å²) in [6, 6.07) is 6.09. The Hall–Kier alpha value is -2.16. The van der Waals surface area contributed by atoms with Gasteiger partial charge in [0.15, 0.2) is 5.16 Å². The van der Waals surface area contributed by atoms with E-state index in [0.29, 0.717) is 31.5 Å². The van der Waals surface area contributed by atoms with Crippen LogP contribution < -0.4 is 5.56 Å². The molecule has 0 N–H and O–H groups in total. The molecule has 1 aliphatic carbocycles. The number of amides is 1. The van der Waals surface area contributed by atoms with E-state index in [1.807, 2.05) is 30.9 Å². The van der Waals surface area contributed by atoms with E-state index in [1.54, 1.807) is 15.9 Å². The molecule has 3 heterocycles. The third-order valence-electron chi connectivity index (χ3n) is 5.99. The first-order chi connectivity index (χ1) is 15.0. The highest BCUT2D eigenvalue weighted by Gasteiger charge is 2.25. The summed E-state index contributed by atoms with van der Waals surface area (Å²) in [5.41, 5.74) is 4.17. The quantitative estimate of drug-likeness (QED) is 0.445. The van der Waals surface area contributed by atoms with Crippen molar-refractivity contribution in [1.29, 1.82) is 0 Å². The van der Waals surface area contributed by atoms with Crippen molar-refractivity contribution in [1.82, 2.24) is 14.5 Å².